The third-order valence-corrected chi connectivity index (χ3v) is 3.76. The molecule has 0 saturated carbocycles. The van der Waals surface area contributed by atoms with Crippen molar-refractivity contribution in [3.8, 4) is 0 Å². The van der Waals surface area contributed by atoms with Crippen molar-refractivity contribution in [3.63, 3.8) is 0 Å². The molecule has 0 radical (unpaired) electrons. The molecule has 0 spiro atoms. The third-order valence-electron chi connectivity index (χ3n) is 2.97. The maximum absolute atomic E-state index is 5.88. The van der Waals surface area contributed by atoms with Gasteiger partial charge < -0.3 is 0 Å². The topological polar surface area (TPSA) is 31.2 Å². The molecule has 0 atom stereocenters. The van der Waals surface area contributed by atoms with Crippen LogP contribution < -0.4 is 5.01 Å². The maximum atomic E-state index is 5.88. The van der Waals surface area contributed by atoms with Gasteiger partial charge >= 0.3 is 0 Å². The van der Waals surface area contributed by atoms with E-state index in [1.807, 2.05) is 46.4 Å². The van der Waals surface area contributed by atoms with Gasteiger partial charge in [0.25, 0.3) is 0 Å². The highest BCUT2D eigenvalue weighted by molar-refractivity contribution is 9.10. The molecule has 6 heteroatoms. The number of hydrogen-bond donors (Lipinski definition) is 0. The molecule has 0 aromatic heterocycles. The third kappa shape index (κ3) is 3.11. The van der Waals surface area contributed by atoms with Crippen LogP contribution in [0.1, 0.15) is 5.56 Å². The lowest BCUT2D eigenvalue weighted by Gasteiger charge is -2.16. The lowest BCUT2D eigenvalue weighted by molar-refractivity contribution is 0.307. The highest BCUT2D eigenvalue weighted by atomic mass is 79.9. The molecule has 2 aromatic rings. The zero-order valence-electron chi connectivity index (χ0n) is 10.6. The standard InChI is InChI=1S/C14H12BrClN4/c15-12-3-1-11(2-4-12)9-19-10-20(18-17-19)14-7-5-13(16)6-8-14/h1-8H,9-10H2. The fourth-order valence-corrected chi connectivity index (χ4v) is 2.34. The van der Waals surface area contributed by atoms with Gasteiger partial charge in [-0.2, -0.15) is 0 Å². The monoisotopic (exact) mass is 350 g/mol. The Morgan fingerprint density at radius 3 is 2.40 bits per heavy atom. The first-order valence-electron chi connectivity index (χ1n) is 6.15. The molecule has 1 aliphatic heterocycles. The molecular formula is C14H12BrClN4. The summed E-state index contributed by atoms with van der Waals surface area (Å²) in [6.07, 6.45) is 0. The summed E-state index contributed by atoms with van der Waals surface area (Å²) in [7, 11) is 0. The van der Waals surface area contributed by atoms with Crippen LogP contribution in [0.4, 0.5) is 5.69 Å². The van der Waals surface area contributed by atoms with E-state index in [0.29, 0.717) is 6.67 Å². The number of rotatable bonds is 3. The van der Waals surface area contributed by atoms with Crippen LogP contribution >= 0.6 is 27.5 Å². The molecule has 102 valence electrons. The molecule has 20 heavy (non-hydrogen) atoms. The zero-order chi connectivity index (χ0) is 13.9. The molecular weight excluding hydrogens is 340 g/mol. The van der Waals surface area contributed by atoms with Gasteiger partial charge in [-0.05, 0) is 47.2 Å². The van der Waals surface area contributed by atoms with Crippen LogP contribution in [0.25, 0.3) is 0 Å². The number of nitrogens with zero attached hydrogens (tertiary/aromatic N) is 4. The molecule has 4 nitrogen and oxygen atoms in total. The molecule has 0 aliphatic carbocycles. The fraction of sp³-hybridized carbons (Fsp3) is 0.143. The van der Waals surface area contributed by atoms with Crippen LogP contribution in [0.2, 0.25) is 5.02 Å². The molecule has 3 rings (SSSR count). The van der Waals surface area contributed by atoms with Crippen molar-refractivity contribution in [1.82, 2.24) is 5.01 Å². The fourth-order valence-electron chi connectivity index (χ4n) is 1.94. The van der Waals surface area contributed by atoms with E-state index in [1.54, 1.807) is 0 Å². The van der Waals surface area contributed by atoms with Crippen molar-refractivity contribution in [2.75, 3.05) is 11.7 Å². The Morgan fingerprint density at radius 2 is 1.70 bits per heavy atom. The van der Waals surface area contributed by atoms with Crippen molar-refractivity contribution >= 4 is 33.2 Å². The Balaban J connectivity index is 1.64. The Morgan fingerprint density at radius 1 is 1.00 bits per heavy atom. The highest BCUT2D eigenvalue weighted by Crippen LogP contribution is 2.23. The van der Waals surface area contributed by atoms with Crippen LogP contribution in [0.3, 0.4) is 0 Å². The SMILES string of the molecule is Clc1ccc(N2CN(Cc3ccc(Br)cc3)N=N2)cc1. The van der Waals surface area contributed by atoms with Gasteiger partial charge in [-0.1, -0.05) is 44.9 Å². The normalized spacial score (nSPS) is 14.1. The van der Waals surface area contributed by atoms with E-state index in [-0.39, 0.29) is 0 Å². The second-order valence-corrected chi connectivity index (χ2v) is 5.84. The Bertz CT molecular complexity index is 612. The summed E-state index contributed by atoms with van der Waals surface area (Å²) >= 11 is 9.31. The summed E-state index contributed by atoms with van der Waals surface area (Å²) in [6, 6.07) is 15.8. The van der Waals surface area contributed by atoms with Crippen molar-refractivity contribution in [2.45, 2.75) is 6.54 Å². The van der Waals surface area contributed by atoms with Crippen LogP contribution in [0.15, 0.2) is 63.5 Å². The molecule has 0 bridgehead atoms. The first-order valence-corrected chi connectivity index (χ1v) is 7.32. The van der Waals surface area contributed by atoms with Crippen LogP contribution in [-0.2, 0) is 6.54 Å². The highest BCUT2D eigenvalue weighted by Gasteiger charge is 2.17. The van der Waals surface area contributed by atoms with Gasteiger partial charge in [-0.15, -0.1) is 0 Å². The second-order valence-electron chi connectivity index (χ2n) is 4.49. The summed E-state index contributed by atoms with van der Waals surface area (Å²) < 4.78 is 1.08. The van der Waals surface area contributed by atoms with Crippen molar-refractivity contribution in [2.24, 2.45) is 10.4 Å². The maximum Gasteiger partial charge on any atom is 0.132 e. The lowest BCUT2D eigenvalue weighted by atomic mass is 10.2. The molecule has 2 aromatic carbocycles. The molecule has 0 saturated heterocycles. The van der Waals surface area contributed by atoms with Crippen LogP contribution in [0, 0.1) is 0 Å². The van der Waals surface area contributed by atoms with E-state index in [1.165, 1.54) is 5.56 Å². The Kier molecular flexibility index (Phi) is 3.89. The minimum atomic E-state index is 0.637. The van der Waals surface area contributed by atoms with Gasteiger partial charge in [0.05, 0.1) is 12.2 Å². The summed E-state index contributed by atoms with van der Waals surface area (Å²) in [6.45, 7) is 1.37. The van der Waals surface area contributed by atoms with E-state index in [4.69, 9.17) is 11.6 Å². The van der Waals surface area contributed by atoms with E-state index >= 15 is 0 Å². The van der Waals surface area contributed by atoms with Crippen LogP contribution in [-0.4, -0.2) is 11.7 Å². The summed E-state index contributed by atoms with van der Waals surface area (Å²) in [5, 5.41) is 12.8. The minimum absolute atomic E-state index is 0.637. The van der Waals surface area contributed by atoms with Gasteiger partial charge in [-0.3, -0.25) is 5.01 Å². The van der Waals surface area contributed by atoms with Crippen molar-refractivity contribution in [3.05, 3.63) is 63.6 Å². The molecule has 0 amide bonds. The van der Waals surface area contributed by atoms with Gasteiger partial charge in [0.2, 0.25) is 0 Å². The Labute approximate surface area is 130 Å². The summed E-state index contributed by atoms with van der Waals surface area (Å²) in [4.78, 5) is 0. The summed E-state index contributed by atoms with van der Waals surface area (Å²) in [5.41, 5.74) is 2.18. The first kappa shape index (κ1) is 13.4. The Hall–Kier alpha value is -1.59. The average Bonchev–Trinajstić information content (AvgIpc) is 2.91. The largest absolute Gasteiger partial charge is 0.251 e. The van der Waals surface area contributed by atoms with Crippen molar-refractivity contribution < 1.29 is 0 Å². The van der Waals surface area contributed by atoms with E-state index in [9.17, 15) is 0 Å². The van der Waals surface area contributed by atoms with E-state index in [0.717, 1.165) is 21.7 Å². The number of hydrogen-bond acceptors (Lipinski definition) is 4. The predicted octanol–water partition coefficient (Wildman–Crippen LogP) is 4.66. The van der Waals surface area contributed by atoms with Gasteiger partial charge in [0.1, 0.15) is 6.67 Å². The number of anilines is 1. The molecule has 0 unspecified atom stereocenters. The second kappa shape index (κ2) is 5.81. The number of halogens is 2. The summed E-state index contributed by atoms with van der Waals surface area (Å²) in [5.74, 6) is 0. The predicted molar refractivity (Wildman–Crippen MR) is 83.3 cm³/mol. The molecule has 1 aliphatic rings. The van der Waals surface area contributed by atoms with Gasteiger partial charge in [0.15, 0.2) is 0 Å². The zero-order valence-corrected chi connectivity index (χ0v) is 12.9. The smallest absolute Gasteiger partial charge is 0.132 e. The van der Waals surface area contributed by atoms with Crippen LogP contribution in [0.5, 0.6) is 0 Å². The molecule has 0 N–H and O–H groups in total. The molecule has 1 heterocycles. The minimum Gasteiger partial charge on any atom is -0.251 e. The van der Waals surface area contributed by atoms with Crippen molar-refractivity contribution in [1.29, 1.82) is 0 Å². The van der Waals surface area contributed by atoms with Gasteiger partial charge in [0, 0.05) is 9.50 Å². The van der Waals surface area contributed by atoms with Gasteiger partial charge in [-0.25, -0.2) is 5.01 Å². The number of benzene rings is 2. The quantitative estimate of drug-likeness (QED) is 0.805. The lowest BCUT2D eigenvalue weighted by Crippen LogP contribution is -2.24. The average molecular weight is 352 g/mol. The van der Waals surface area contributed by atoms with E-state index in [2.05, 4.69) is 38.5 Å². The van der Waals surface area contributed by atoms with E-state index < -0.39 is 0 Å². The molecule has 0 fully saturated rings. The first-order chi connectivity index (χ1) is 9.70.